The fraction of sp³-hybridized carbons (Fsp3) is 0.345. The lowest BCUT2D eigenvalue weighted by molar-refractivity contribution is 0.347. The first kappa shape index (κ1) is 21.8. The van der Waals surface area contributed by atoms with Gasteiger partial charge in [0.1, 0.15) is 7.05 Å². The first-order valence-corrected chi connectivity index (χ1v) is 13.9. The van der Waals surface area contributed by atoms with Crippen LogP contribution in [0.4, 0.5) is 5.69 Å². The number of hydrogen-bond donors (Lipinski definition) is 0. The second-order valence-electron chi connectivity index (χ2n) is 9.99. The Hall–Kier alpha value is -2.68. The largest absolute Gasteiger partial charge is 0.374 e. The average Bonchev–Trinajstić information content (AvgIpc) is 3.32. The summed E-state index contributed by atoms with van der Waals surface area (Å²) in [6.45, 7) is 7.76. The fourth-order valence-corrected chi connectivity index (χ4v) is 8.49. The quantitative estimate of drug-likeness (QED) is 0.435. The second-order valence-corrected chi connectivity index (χ2v) is 12.3. The van der Waals surface area contributed by atoms with Gasteiger partial charge in [-0.3, -0.25) is 4.57 Å². The molecule has 2 unspecified atom stereocenters. The van der Waals surface area contributed by atoms with Crippen LogP contribution in [0, 0.1) is 6.92 Å². The summed E-state index contributed by atoms with van der Waals surface area (Å²) >= 11 is 0. The Morgan fingerprint density at radius 3 is 2.65 bits per heavy atom. The zero-order valence-electron chi connectivity index (χ0n) is 20.7. The summed E-state index contributed by atoms with van der Waals surface area (Å²) in [5, 5.41) is 3.95. The minimum Gasteiger partial charge on any atom is -0.374 e. The summed E-state index contributed by atoms with van der Waals surface area (Å²) in [5.74, 6) is 0. The molecule has 0 aromatic heterocycles. The zero-order valence-corrected chi connectivity index (χ0v) is 21.6. The van der Waals surface area contributed by atoms with Crippen molar-refractivity contribution in [2.24, 2.45) is 0 Å². The molecular formula is C29H32N2O2P+. The molecule has 2 atom stereocenters. The van der Waals surface area contributed by atoms with Gasteiger partial charge < -0.3 is 9.42 Å². The van der Waals surface area contributed by atoms with Gasteiger partial charge in [-0.1, -0.05) is 24.3 Å². The van der Waals surface area contributed by atoms with E-state index in [1.807, 2.05) is 6.92 Å². The lowest BCUT2D eigenvalue weighted by atomic mass is 9.90. The van der Waals surface area contributed by atoms with E-state index in [1.165, 1.54) is 38.9 Å². The number of anilines is 1. The highest BCUT2D eigenvalue weighted by Gasteiger charge is 2.41. The van der Waals surface area contributed by atoms with E-state index in [0.29, 0.717) is 12.6 Å². The van der Waals surface area contributed by atoms with Crippen molar-refractivity contribution in [1.82, 2.24) is 4.58 Å². The van der Waals surface area contributed by atoms with E-state index in [-0.39, 0.29) is 0 Å². The molecule has 0 aliphatic carbocycles. The normalized spacial score (nSPS) is 22.5. The van der Waals surface area contributed by atoms with Gasteiger partial charge in [-0.05, 0) is 78.4 Å². The maximum absolute atomic E-state index is 15.0. The summed E-state index contributed by atoms with van der Waals surface area (Å²) in [6, 6.07) is 17.9. The Kier molecular flexibility index (Phi) is 4.92. The molecular weight excluding hydrogens is 439 g/mol. The summed E-state index contributed by atoms with van der Waals surface area (Å²) in [4.78, 5) is 2.27. The van der Waals surface area contributed by atoms with Gasteiger partial charge in [0.2, 0.25) is 5.36 Å². The summed E-state index contributed by atoms with van der Waals surface area (Å²) in [7, 11) is 0.981. The minimum absolute atomic E-state index is 0.409. The van der Waals surface area contributed by atoms with Crippen molar-refractivity contribution < 1.29 is 9.09 Å². The van der Waals surface area contributed by atoms with E-state index in [4.69, 9.17) is 4.52 Å². The van der Waals surface area contributed by atoms with E-state index in [1.54, 1.807) is 0 Å². The SMILES string of the molecule is CCOP1(=O)c2cc3c(cc2C(c2ccccc2C)=c2cc4c(cc21)=[N+](C)C(C)C4)CCN3C. The summed E-state index contributed by atoms with van der Waals surface area (Å²) in [5.41, 5.74) is 8.53. The molecule has 0 fully saturated rings. The molecule has 3 aliphatic heterocycles. The van der Waals surface area contributed by atoms with Gasteiger partial charge in [0.05, 0.1) is 17.2 Å². The van der Waals surface area contributed by atoms with Gasteiger partial charge >= 0.3 is 0 Å². The Balaban J connectivity index is 1.82. The topological polar surface area (TPSA) is 32.6 Å². The fourth-order valence-electron chi connectivity index (χ4n) is 6.02. The van der Waals surface area contributed by atoms with Crippen molar-refractivity contribution in [2.45, 2.75) is 39.7 Å². The third-order valence-electron chi connectivity index (χ3n) is 7.98. The lowest BCUT2D eigenvalue weighted by Gasteiger charge is -2.29. The maximum atomic E-state index is 15.0. The number of hydrogen-bond acceptors (Lipinski definition) is 3. The molecule has 3 heterocycles. The monoisotopic (exact) mass is 471 g/mol. The van der Waals surface area contributed by atoms with Crippen LogP contribution in [0.3, 0.4) is 0 Å². The van der Waals surface area contributed by atoms with Crippen LogP contribution in [0.2, 0.25) is 0 Å². The molecule has 3 aromatic rings. The molecule has 0 amide bonds. The Labute approximate surface area is 201 Å². The van der Waals surface area contributed by atoms with E-state index >= 15 is 0 Å². The molecule has 4 nitrogen and oxygen atoms in total. The molecule has 0 saturated carbocycles. The van der Waals surface area contributed by atoms with Gasteiger partial charge in [-0.25, -0.2) is 4.58 Å². The van der Waals surface area contributed by atoms with Crippen LogP contribution >= 0.6 is 7.37 Å². The van der Waals surface area contributed by atoms with Crippen LogP contribution < -0.4 is 30.7 Å². The highest BCUT2D eigenvalue weighted by atomic mass is 31.2. The number of rotatable bonds is 3. The highest BCUT2D eigenvalue weighted by molar-refractivity contribution is 7.74. The summed E-state index contributed by atoms with van der Waals surface area (Å²) in [6.07, 6.45) is 2.01. The van der Waals surface area contributed by atoms with Crippen molar-refractivity contribution in [3.05, 3.63) is 86.9 Å². The van der Waals surface area contributed by atoms with Crippen LogP contribution in [0.5, 0.6) is 0 Å². The first-order valence-electron chi connectivity index (χ1n) is 12.3. The molecule has 3 aliphatic rings. The van der Waals surface area contributed by atoms with E-state index in [0.717, 1.165) is 40.8 Å². The number of aryl methyl sites for hydroxylation is 1. The van der Waals surface area contributed by atoms with Crippen molar-refractivity contribution in [1.29, 1.82) is 0 Å². The Morgan fingerprint density at radius 2 is 1.88 bits per heavy atom. The van der Waals surface area contributed by atoms with Crippen LogP contribution in [0.25, 0.3) is 5.57 Å². The molecule has 6 rings (SSSR count). The molecule has 0 radical (unpaired) electrons. The second kappa shape index (κ2) is 7.66. The van der Waals surface area contributed by atoms with Crippen molar-refractivity contribution in [2.75, 3.05) is 32.1 Å². The average molecular weight is 472 g/mol. The third kappa shape index (κ3) is 2.95. The van der Waals surface area contributed by atoms with Crippen LogP contribution in [0.15, 0.2) is 48.5 Å². The molecule has 0 spiro atoms. The maximum Gasteiger partial charge on any atom is 0.262 e. The predicted octanol–water partition coefficient (Wildman–Crippen LogP) is 2.88. The first-order chi connectivity index (χ1) is 16.3. The van der Waals surface area contributed by atoms with E-state index < -0.39 is 7.37 Å². The third-order valence-corrected chi connectivity index (χ3v) is 10.6. The number of likely N-dealkylation sites (N-methyl/N-ethyl adjacent to an activating group) is 2. The molecule has 0 saturated heterocycles. The van der Waals surface area contributed by atoms with E-state index in [9.17, 15) is 4.57 Å². The lowest BCUT2D eigenvalue weighted by Crippen LogP contribution is -2.42. The van der Waals surface area contributed by atoms with Crippen LogP contribution in [0.1, 0.15) is 41.7 Å². The van der Waals surface area contributed by atoms with Crippen molar-refractivity contribution in [3.63, 3.8) is 0 Å². The number of benzene rings is 3. The standard InChI is InChI=1S/C29H32N2O2P/c1-6-33-34(32)27-16-25-20(11-12-30(25)4)14-23(27)29(22-10-8-7-9-18(22)2)24-15-21-13-19(3)31(5)26(21)17-28(24)34/h7-10,14-17,19H,6,11-13H2,1-5H3/q+1. The minimum atomic E-state index is -3.28. The smallest absolute Gasteiger partial charge is 0.262 e. The zero-order chi connectivity index (χ0) is 23.8. The van der Waals surface area contributed by atoms with Crippen LogP contribution in [-0.2, 0) is 21.9 Å². The van der Waals surface area contributed by atoms with E-state index in [2.05, 4.69) is 85.9 Å². The molecule has 174 valence electrons. The Bertz CT molecular complexity index is 1540. The predicted molar refractivity (Wildman–Crippen MR) is 141 cm³/mol. The Morgan fingerprint density at radius 1 is 1.09 bits per heavy atom. The van der Waals surface area contributed by atoms with Crippen molar-refractivity contribution >= 4 is 29.2 Å². The molecule has 5 heteroatoms. The molecule has 0 bridgehead atoms. The molecule has 3 aromatic carbocycles. The van der Waals surface area contributed by atoms with Crippen molar-refractivity contribution in [3.8, 4) is 0 Å². The van der Waals surface area contributed by atoms with Gasteiger partial charge in [-0.15, -0.1) is 0 Å². The van der Waals surface area contributed by atoms with Gasteiger partial charge in [0.25, 0.3) is 7.37 Å². The van der Waals surface area contributed by atoms with Gasteiger partial charge in [0, 0.05) is 37.3 Å². The highest BCUT2D eigenvalue weighted by Crippen LogP contribution is 2.49. The molecule has 34 heavy (non-hydrogen) atoms. The summed E-state index contributed by atoms with van der Waals surface area (Å²) < 4.78 is 23.5. The number of nitrogens with zero attached hydrogens (tertiary/aromatic N) is 2. The molecule has 0 N–H and O–H groups in total. The number of fused-ring (bicyclic) bond motifs is 4. The van der Waals surface area contributed by atoms with Crippen LogP contribution in [-0.4, -0.2) is 33.3 Å². The van der Waals surface area contributed by atoms with Gasteiger partial charge in [0.15, 0.2) is 6.04 Å². The van der Waals surface area contributed by atoms with Gasteiger partial charge in [-0.2, -0.15) is 0 Å².